The van der Waals surface area contributed by atoms with Crippen LogP contribution < -0.4 is 10.6 Å². The van der Waals surface area contributed by atoms with Crippen molar-refractivity contribution in [2.45, 2.75) is 6.92 Å². The lowest BCUT2D eigenvalue weighted by molar-refractivity contribution is 1.16. The van der Waals surface area contributed by atoms with Crippen LogP contribution in [-0.4, -0.2) is 17.9 Å². The number of hydrogen-bond donors (Lipinski definition) is 2. The van der Waals surface area contributed by atoms with Crippen LogP contribution in [-0.2, 0) is 0 Å². The molecule has 0 aliphatic carbocycles. The SMILES string of the molecule is Cc1cccc(N(C)c2cnccc2C(=N)N)c1. The number of nitrogens with one attached hydrogen (secondary N) is 1. The van der Waals surface area contributed by atoms with E-state index in [9.17, 15) is 0 Å². The number of rotatable bonds is 3. The zero-order valence-corrected chi connectivity index (χ0v) is 10.5. The Kier molecular flexibility index (Phi) is 3.28. The number of hydrogen-bond acceptors (Lipinski definition) is 3. The number of nitrogen functional groups attached to an aromatic ring is 1. The summed E-state index contributed by atoms with van der Waals surface area (Å²) in [6.45, 7) is 2.05. The molecule has 1 heterocycles. The third kappa shape index (κ3) is 2.32. The second-order valence-corrected chi connectivity index (χ2v) is 4.20. The Morgan fingerprint density at radius 3 is 2.78 bits per heavy atom. The van der Waals surface area contributed by atoms with E-state index in [0.717, 1.165) is 11.4 Å². The Bertz CT molecular complexity index is 578. The van der Waals surface area contributed by atoms with Crippen LogP contribution in [0.3, 0.4) is 0 Å². The van der Waals surface area contributed by atoms with E-state index < -0.39 is 0 Å². The zero-order chi connectivity index (χ0) is 13.1. The topological polar surface area (TPSA) is 66.0 Å². The normalized spacial score (nSPS) is 10.1. The van der Waals surface area contributed by atoms with Gasteiger partial charge in [-0.3, -0.25) is 10.4 Å². The van der Waals surface area contributed by atoms with Crippen LogP contribution in [0.1, 0.15) is 11.1 Å². The minimum atomic E-state index is 0.0481. The van der Waals surface area contributed by atoms with Crippen molar-refractivity contribution in [2.75, 3.05) is 11.9 Å². The van der Waals surface area contributed by atoms with Gasteiger partial charge < -0.3 is 10.6 Å². The fourth-order valence-corrected chi connectivity index (χ4v) is 1.86. The molecule has 0 spiro atoms. The Morgan fingerprint density at radius 1 is 1.33 bits per heavy atom. The molecule has 3 N–H and O–H groups in total. The van der Waals surface area contributed by atoms with E-state index in [1.165, 1.54) is 5.56 Å². The lowest BCUT2D eigenvalue weighted by Gasteiger charge is -2.22. The van der Waals surface area contributed by atoms with E-state index >= 15 is 0 Å². The molecule has 18 heavy (non-hydrogen) atoms. The lowest BCUT2D eigenvalue weighted by Crippen LogP contribution is -2.18. The van der Waals surface area contributed by atoms with E-state index in [1.54, 1.807) is 18.5 Å². The number of pyridine rings is 1. The van der Waals surface area contributed by atoms with Gasteiger partial charge in [0.1, 0.15) is 5.84 Å². The molecule has 0 aliphatic heterocycles. The lowest BCUT2D eigenvalue weighted by atomic mass is 10.1. The summed E-state index contributed by atoms with van der Waals surface area (Å²) in [5, 5.41) is 7.60. The molecule has 0 radical (unpaired) electrons. The minimum Gasteiger partial charge on any atom is -0.384 e. The van der Waals surface area contributed by atoms with Gasteiger partial charge in [-0.25, -0.2) is 0 Å². The molecule has 0 bridgehead atoms. The summed E-state index contributed by atoms with van der Waals surface area (Å²) in [6, 6.07) is 9.91. The number of amidine groups is 1. The van der Waals surface area contributed by atoms with E-state index in [4.69, 9.17) is 11.1 Å². The number of anilines is 2. The first-order valence-electron chi connectivity index (χ1n) is 5.68. The molecule has 0 saturated carbocycles. The molecular formula is C14H16N4. The number of aromatic nitrogens is 1. The highest BCUT2D eigenvalue weighted by Crippen LogP contribution is 2.26. The van der Waals surface area contributed by atoms with Gasteiger partial charge in [0.2, 0.25) is 0 Å². The Morgan fingerprint density at radius 2 is 2.11 bits per heavy atom. The summed E-state index contributed by atoms with van der Waals surface area (Å²) in [5.41, 5.74) is 9.34. The third-order valence-corrected chi connectivity index (χ3v) is 2.84. The van der Waals surface area contributed by atoms with Crippen LogP contribution in [0.25, 0.3) is 0 Å². The van der Waals surface area contributed by atoms with Crippen LogP contribution >= 0.6 is 0 Å². The van der Waals surface area contributed by atoms with Gasteiger partial charge in [-0.05, 0) is 30.7 Å². The quantitative estimate of drug-likeness (QED) is 0.639. The molecule has 4 nitrogen and oxygen atoms in total. The number of aryl methyl sites for hydroxylation is 1. The first-order valence-corrected chi connectivity index (χ1v) is 5.68. The van der Waals surface area contributed by atoms with Crippen LogP contribution in [0.5, 0.6) is 0 Å². The maximum atomic E-state index is 7.60. The van der Waals surface area contributed by atoms with Crippen molar-refractivity contribution in [3.63, 3.8) is 0 Å². The van der Waals surface area contributed by atoms with Crippen molar-refractivity contribution in [3.05, 3.63) is 53.9 Å². The van der Waals surface area contributed by atoms with Crippen molar-refractivity contribution >= 4 is 17.2 Å². The number of benzene rings is 1. The summed E-state index contributed by atoms with van der Waals surface area (Å²) in [5.74, 6) is 0.0481. The summed E-state index contributed by atoms with van der Waals surface area (Å²) < 4.78 is 0. The molecule has 0 atom stereocenters. The van der Waals surface area contributed by atoms with Gasteiger partial charge in [0.25, 0.3) is 0 Å². The second kappa shape index (κ2) is 4.87. The third-order valence-electron chi connectivity index (χ3n) is 2.84. The molecule has 0 unspecified atom stereocenters. The van der Waals surface area contributed by atoms with Crippen molar-refractivity contribution in [2.24, 2.45) is 5.73 Å². The van der Waals surface area contributed by atoms with Gasteiger partial charge in [0, 0.05) is 24.5 Å². The fraction of sp³-hybridized carbons (Fsp3) is 0.143. The Hall–Kier alpha value is -2.36. The van der Waals surface area contributed by atoms with Crippen LogP contribution in [0, 0.1) is 12.3 Å². The summed E-state index contributed by atoms with van der Waals surface area (Å²) in [4.78, 5) is 6.09. The van der Waals surface area contributed by atoms with Crippen molar-refractivity contribution < 1.29 is 0 Å². The molecule has 0 saturated heterocycles. The maximum absolute atomic E-state index is 7.60. The highest BCUT2D eigenvalue weighted by atomic mass is 15.1. The smallest absolute Gasteiger partial charge is 0.125 e. The molecular weight excluding hydrogens is 224 g/mol. The average molecular weight is 240 g/mol. The summed E-state index contributed by atoms with van der Waals surface area (Å²) in [6.07, 6.45) is 3.36. The van der Waals surface area contributed by atoms with E-state index in [-0.39, 0.29) is 5.84 Å². The molecule has 1 aromatic heterocycles. The predicted molar refractivity (Wildman–Crippen MR) is 74.5 cm³/mol. The van der Waals surface area contributed by atoms with Gasteiger partial charge in [-0.1, -0.05) is 12.1 Å². The molecule has 4 heteroatoms. The minimum absolute atomic E-state index is 0.0481. The van der Waals surface area contributed by atoms with Crippen LogP contribution in [0.15, 0.2) is 42.7 Å². The summed E-state index contributed by atoms with van der Waals surface area (Å²) in [7, 11) is 1.94. The molecule has 0 aliphatic rings. The fourth-order valence-electron chi connectivity index (χ4n) is 1.86. The van der Waals surface area contributed by atoms with Gasteiger partial charge in [-0.2, -0.15) is 0 Å². The largest absolute Gasteiger partial charge is 0.384 e. The van der Waals surface area contributed by atoms with Crippen molar-refractivity contribution in [3.8, 4) is 0 Å². The van der Waals surface area contributed by atoms with Gasteiger partial charge in [0.05, 0.1) is 11.9 Å². The maximum Gasteiger partial charge on any atom is 0.125 e. The number of nitrogens with two attached hydrogens (primary N) is 1. The second-order valence-electron chi connectivity index (χ2n) is 4.20. The Balaban J connectivity index is 2.46. The monoisotopic (exact) mass is 240 g/mol. The highest BCUT2D eigenvalue weighted by Gasteiger charge is 2.11. The molecule has 1 aromatic carbocycles. The molecule has 92 valence electrons. The summed E-state index contributed by atoms with van der Waals surface area (Å²) >= 11 is 0. The standard InChI is InChI=1S/C14H16N4/c1-10-4-3-5-11(8-10)18(2)13-9-17-7-6-12(13)14(15)16/h3-9H,1-2H3,(H3,15,16). The van der Waals surface area contributed by atoms with E-state index in [1.807, 2.05) is 37.1 Å². The van der Waals surface area contributed by atoms with Gasteiger partial charge in [0.15, 0.2) is 0 Å². The van der Waals surface area contributed by atoms with E-state index in [0.29, 0.717) is 5.56 Å². The van der Waals surface area contributed by atoms with Crippen LogP contribution in [0.4, 0.5) is 11.4 Å². The van der Waals surface area contributed by atoms with Crippen LogP contribution in [0.2, 0.25) is 0 Å². The molecule has 0 fully saturated rings. The number of nitrogens with zero attached hydrogens (tertiary/aromatic N) is 2. The Labute approximate surface area is 107 Å². The van der Waals surface area contributed by atoms with Crippen molar-refractivity contribution in [1.82, 2.24) is 4.98 Å². The highest BCUT2D eigenvalue weighted by molar-refractivity contribution is 6.00. The first kappa shape index (κ1) is 12.1. The van der Waals surface area contributed by atoms with E-state index in [2.05, 4.69) is 11.1 Å². The first-order chi connectivity index (χ1) is 8.59. The van der Waals surface area contributed by atoms with Gasteiger partial charge in [-0.15, -0.1) is 0 Å². The predicted octanol–water partition coefficient (Wildman–Crippen LogP) is 2.44. The van der Waals surface area contributed by atoms with Gasteiger partial charge >= 0.3 is 0 Å². The molecule has 0 amide bonds. The zero-order valence-electron chi connectivity index (χ0n) is 10.5. The molecule has 2 aromatic rings. The molecule has 2 rings (SSSR count). The van der Waals surface area contributed by atoms with Crippen molar-refractivity contribution in [1.29, 1.82) is 5.41 Å². The average Bonchev–Trinajstić information content (AvgIpc) is 2.38.